The van der Waals surface area contributed by atoms with Crippen molar-refractivity contribution in [3.8, 4) is 0 Å². The molecule has 0 bridgehead atoms. The molecule has 2 aromatic rings. The highest BCUT2D eigenvalue weighted by atomic mass is 16.3. The maximum Gasteiger partial charge on any atom is 0.163 e. The Morgan fingerprint density at radius 1 is 1.29 bits per heavy atom. The van der Waals surface area contributed by atoms with Crippen LogP contribution in [0, 0.1) is 0 Å². The van der Waals surface area contributed by atoms with Crippen molar-refractivity contribution in [2.75, 3.05) is 6.61 Å². The van der Waals surface area contributed by atoms with Crippen molar-refractivity contribution in [3.63, 3.8) is 0 Å². The van der Waals surface area contributed by atoms with Crippen LogP contribution in [0.15, 0.2) is 12.7 Å². The number of fused-ring (bicyclic) bond motifs is 1. The number of aliphatic hydroxyl groups is 1. The fourth-order valence-electron chi connectivity index (χ4n) is 1.97. The third kappa shape index (κ3) is 2.02. The van der Waals surface area contributed by atoms with Crippen molar-refractivity contribution in [2.24, 2.45) is 0 Å². The molecular formula is C12H18N4O. The predicted molar refractivity (Wildman–Crippen MR) is 65.8 cm³/mol. The van der Waals surface area contributed by atoms with E-state index in [1.807, 2.05) is 11.5 Å². The van der Waals surface area contributed by atoms with Crippen LogP contribution >= 0.6 is 0 Å². The number of aliphatic hydroxyl groups excluding tert-OH is 1. The van der Waals surface area contributed by atoms with Crippen molar-refractivity contribution in [3.05, 3.63) is 18.3 Å². The van der Waals surface area contributed by atoms with E-state index in [-0.39, 0.29) is 12.6 Å². The molecule has 0 aliphatic heterocycles. The van der Waals surface area contributed by atoms with Crippen molar-refractivity contribution in [1.82, 2.24) is 19.5 Å². The third-order valence-electron chi connectivity index (χ3n) is 3.01. The summed E-state index contributed by atoms with van der Waals surface area (Å²) < 4.78 is 1.93. The zero-order valence-electron chi connectivity index (χ0n) is 10.5. The van der Waals surface area contributed by atoms with E-state index in [2.05, 4.69) is 28.8 Å². The van der Waals surface area contributed by atoms with Gasteiger partial charge in [0.05, 0.1) is 24.7 Å². The van der Waals surface area contributed by atoms with Crippen molar-refractivity contribution in [1.29, 1.82) is 0 Å². The van der Waals surface area contributed by atoms with E-state index in [1.165, 1.54) is 0 Å². The summed E-state index contributed by atoms with van der Waals surface area (Å²) in [5.41, 5.74) is 2.61. The number of hydrogen-bond donors (Lipinski definition) is 1. The lowest BCUT2D eigenvalue weighted by molar-refractivity contribution is 0.226. The fourth-order valence-corrected chi connectivity index (χ4v) is 1.97. The number of nitrogens with zero attached hydrogens (tertiary/aromatic N) is 4. The van der Waals surface area contributed by atoms with Crippen molar-refractivity contribution < 1.29 is 5.11 Å². The highest BCUT2D eigenvalue weighted by molar-refractivity contribution is 5.73. The van der Waals surface area contributed by atoms with Crippen LogP contribution in [-0.2, 0) is 0 Å². The second kappa shape index (κ2) is 4.79. The summed E-state index contributed by atoms with van der Waals surface area (Å²) in [6.45, 7) is 6.31. The zero-order valence-corrected chi connectivity index (χ0v) is 10.5. The normalized spacial score (nSPS) is 13.5. The van der Waals surface area contributed by atoms with E-state index in [9.17, 15) is 5.11 Å². The Labute approximate surface area is 101 Å². The minimum absolute atomic E-state index is 0.0370. The molecule has 5 heteroatoms. The molecule has 1 unspecified atom stereocenters. The highest BCUT2D eigenvalue weighted by Gasteiger charge is 2.16. The second-order valence-corrected chi connectivity index (χ2v) is 4.48. The Hall–Kier alpha value is -1.49. The van der Waals surface area contributed by atoms with Crippen LogP contribution < -0.4 is 0 Å². The van der Waals surface area contributed by atoms with Gasteiger partial charge in [-0.05, 0) is 12.3 Å². The van der Waals surface area contributed by atoms with Gasteiger partial charge >= 0.3 is 0 Å². The summed E-state index contributed by atoms with van der Waals surface area (Å²) in [4.78, 5) is 12.9. The molecule has 0 saturated carbocycles. The molecular weight excluding hydrogens is 216 g/mol. The summed E-state index contributed by atoms with van der Waals surface area (Å²) in [5, 5.41) is 9.34. The van der Waals surface area contributed by atoms with Gasteiger partial charge in [0.15, 0.2) is 5.65 Å². The topological polar surface area (TPSA) is 63.8 Å². The quantitative estimate of drug-likeness (QED) is 0.877. The summed E-state index contributed by atoms with van der Waals surface area (Å²) >= 11 is 0. The Balaban J connectivity index is 2.58. The van der Waals surface area contributed by atoms with Gasteiger partial charge in [-0.2, -0.15) is 0 Å². The van der Waals surface area contributed by atoms with Crippen LogP contribution in [0.5, 0.6) is 0 Å². The van der Waals surface area contributed by atoms with Gasteiger partial charge in [-0.1, -0.05) is 20.8 Å². The molecule has 0 fully saturated rings. The molecule has 1 atom stereocenters. The molecule has 1 N–H and O–H groups in total. The molecule has 0 radical (unpaired) electrons. The lowest BCUT2D eigenvalue weighted by Crippen LogP contribution is -2.11. The van der Waals surface area contributed by atoms with Crippen LogP contribution in [0.2, 0.25) is 0 Å². The van der Waals surface area contributed by atoms with Crippen LogP contribution in [-0.4, -0.2) is 31.2 Å². The van der Waals surface area contributed by atoms with Gasteiger partial charge in [-0.3, -0.25) is 0 Å². The average molecular weight is 234 g/mol. The molecule has 2 rings (SSSR count). The van der Waals surface area contributed by atoms with E-state index in [0.29, 0.717) is 5.92 Å². The van der Waals surface area contributed by atoms with E-state index in [4.69, 9.17) is 0 Å². The molecule has 0 spiro atoms. The molecule has 0 aliphatic rings. The Morgan fingerprint density at radius 2 is 2.06 bits per heavy atom. The van der Waals surface area contributed by atoms with Crippen molar-refractivity contribution >= 4 is 11.2 Å². The standard InChI is InChI=1S/C12H18N4O/c1-4-9(5-17)16-7-15-11-10(8(2)3)13-6-14-12(11)16/h6-9,17H,4-5H2,1-3H3. The Bertz CT molecular complexity index is 502. The molecule has 92 valence electrons. The van der Waals surface area contributed by atoms with Crippen LogP contribution in [0.1, 0.15) is 44.8 Å². The fraction of sp³-hybridized carbons (Fsp3) is 0.583. The molecule has 0 aromatic carbocycles. The summed E-state index contributed by atoms with van der Waals surface area (Å²) in [6.07, 6.45) is 4.17. The minimum atomic E-state index is 0.0370. The lowest BCUT2D eigenvalue weighted by atomic mass is 10.1. The monoisotopic (exact) mass is 234 g/mol. The van der Waals surface area contributed by atoms with E-state index < -0.39 is 0 Å². The molecule has 5 nitrogen and oxygen atoms in total. The summed E-state index contributed by atoms with van der Waals surface area (Å²) in [5.74, 6) is 0.318. The van der Waals surface area contributed by atoms with Gasteiger partial charge in [0.1, 0.15) is 11.8 Å². The first-order valence-electron chi connectivity index (χ1n) is 5.97. The first kappa shape index (κ1) is 12.0. The molecule has 0 amide bonds. The predicted octanol–water partition coefficient (Wildman–Crippen LogP) is 1.89. The molecule has 17 heavy (non-hydrogen) atoms. The maximum atomic E-state index is 9.34. The van der Waals surface area contributed by atoms with Gasteiger partial charge in [0.2, 0.25) is 0 Å². The first-order chi connectivity index (χ1) is 8.19. The summed E-state index contributed by atoms with van der Waals surface area (Å²) in [7, 11) is 0. The van der Waals surface area contributed by atoms with Crippen LogP contribution in [0.3, 0.4) is 0 Å². The second-order valence-electron chi connectivity index (χ2n) is 4.48. The van der Waals surface area contributed by atoms with E-state index in [1.54, 1.807) is 12.7 Å². The molecule has 2 aromatic heterocycles. The van der Waals surface area contributed by atoms with Crippen molar-refractivity contribution in [2.45, 2.75) is 39.2 Å². The molecule has 2 heterocycles. The number of imidazole rings is 1. The van der Waals surface area contributed by atoms with Gasteiger partial charge < -0.3 is 9.67 Å². The largest absolute Gasteiger partial charge is 0.394 e. The van der Waals surface area contributed by atoms with Crippen LogP contribution in [0.4, 0.5) is 0 Å². The zero-order chi connectivity index (χ0) is 12.4. The summed E-state index contributed by atoms with van der Waals surface area (Å²) in [6, 6.07) is 0.0370. The number of rotatable bonds is 4. The lowest BCUT2D eigenvalue weighted by Gasteiger charge is -2.13. The van der Waals surface area contributed by atoms with E-state index >= 15 is 0 Å². The smallest absolute Gasteiger partial charge is 0.163 e. The maximum absolute atomic E-state index is 9.34. The SMILES string of the molecule is CCC(CO)n1cnc2c(C(C)C)ncnc21. The Kier molecular flexibility index (Phi) is 3.38. The van der Waals surface area contributed by atoms with Gasteiger partial charge in [0, 0.05) is 0 Å². The van der Waals surface area contributed by atoms with Gasteiger partial charge in [0.25, 0.3) is 0 Å². The number of hydrogen-bond acceptors (Lipinski definition) is 4. The van der Waals surface area contributed by atoms with Gasteiger partial charge in [-0.25, -0.2) is 15.0 Å². The highest BCUT2D eigenvalue weighted by Crippen LogP contribution is 2.23. The number of aromatic nitrogens is 4. The van der Waals surface area contributed by atoms with E-state index in [0.717, 1.165) is 23.3 Å². The third-order valence-corrected chi connectivity index (χ3v) is 3.01. The van der Waals surface area contributed by atoms with Crippen LogP contribution in [0.25, 0.3) is 11.2 Å². The Morgan fingerprint density at radius 3 is 2.65 bits per heavy atom. The average Bonchev–Trinajstić information content (AvgIpc) is 2.74. The first-order valence-corrected chi connectivity index (χ1v) is 5.97. The molecule has 0 saturated heterocycles. The van der Waals surface area contributed by atoms with Gasteiger partial charge in [-0.15, -0.1) is 0 Å². The minimum Gasteiger partial charge on any atom is -0.394 e. The molecule has 0 aliphatic carbocycles.